The van der Waals surface area contributed by atoms with Gasteiger partial charge in [0.15, 0.2) is 0 Å². The fraction of sp³-hybridized carbons (Fsp3) is 0.200. The smallest absolute Gasteiger partial charge is 0.427 e. The van der Waals surface area contributed by atoms with E-state index in [1.54, 1.807) is 19.1 Å². The van der Waals surface area contributed by atoms with Gasteiger partial charge in [0.2, 0.25) is 0 Å². The molecule has 0 aliphatic rings. The first-order valence-corrected chi connectivity index (χ1v) is 8.43. The number of phenols is 2. The molecule has 0 bridgehead atoms. The molecule has 0 saturated carbocycles. The van der Waals surface area contributed by atoms with Crippen LogP contribution in [-0.2, 0) is 4.57 Å². The molecule has 7 nitrogen and oxygen atoms in total. The molecule has 0 aromatic heterocycles. The monoisotopic (exact) mass is 339 g/mol. The minimum atomic E-state index is -4.59. The highest BCUT2D eigenvalue weighted by Gasteiger charge is 2.26. The number of phenolic OH excluding ortho intramolecular Hbond substituents is 2. The van der Waals surface area contributed by atoms with Gasteiger partial charge in [0.1, 0.15) is 11.5 Å². The second-order valence-electron chi connectivity index (χ2n) is 5.22. The molecule has 2 aromatic rings. The molecule has 0 amide bonds. The second kappa shape index (κ2) is 6.60. The predicted molar refractivity (Wildman–Crippen MR) is 85.3 cm³/mol. The zero-order valence-corrected chi connectivity index (χ0v) is 13.2. The second-order valence-corrected chi connectivity index (χ2v) is 6.53. The Hall–Kier alpha value is -2.05. The summed E-state index contributed by atoms with van der Waals surface area (Å²) in [5.74, 6) is -0.676. The number of nitrogens with one attached hydrogen (secondary N) is 1. The van der Waals surface area contributed by atoms with Crippen molar-refractivity contribution >= 4 is 13.4 Å². The molecule has 6 N–H and O–H groups in total. The quantitative estimate of drug-likeness (QED) is 0.461. The van der Waals surface area contributed by atoms with Crippen LogP contribution in [0.25, 0.3) is 0 Å². The Morgan fingerprint density at radius 2 is 1.65 bits per heavy atom. The van der Waals surface area contributed by atoms with Crippen molar-refractivity contribution in [1.29, 1.82) is 0 Å². The highest BCUT2D eigenvalue weighted by molar-refractivity contribution is 7.53. The van der Waals surface area contributed by atoms with Crippen molar-refractivity contribution in [3.05, 3.63) is 53.6 Å². The van der Waals surface area contributed by atoms with E-state index in [-0.39, 0.29) is 22.7 Å². The molecule has 0 radical (unpaired) electrons. The fourth-order valence-corrected chi connectivity index (χ4v) is 2.84. The van der Waals surface area contributed by atoms with E-state index in [1.165, 1.54) is 30.3 Å². The van der Waals surface area contributed by atoms with Gasteiger partial charge in [0, 0.05) is 11.5 Å². The summed E-state index contributed by atoms with van der Waals surface area (Å²) in [6.45, 7) is 1.70. The Kier molecular flexibility index (Phi) is 4.97. The SMILES string of the molecule is CC(c1ccc(O)cc1)C(O)c1c(O)cccc1NP(=O)(O)O. The van der Waals surface area contributed by atoms with Crippen LogP contribution in [-0.4, -0.2) is 25.1 Å². The summed E-state index contributed by atoms with van der Waals surface area (Å²) in [6, 6.07) is 10.3. The molecule has 0 saturated heterocycles. The highest BCUT2D eigenvalue weighted by atomic mass is 31.2. The van der Waals surface area contributed by atoms with Crippen molar-refractivity contribution in [2.75, 3.05) is 5.09 Å². The Morgan fingerprint density at radius 3 is 2.22 bits per heavy atom. The zero-order valence-electron chi connectivity index (χ0n) is 12.3. The number of hydrogen-bond acceptors (Lipinski definition) is 4. The molecule has 0 aliphatic heterocycles. The molecule has 8 heteroatoms. The van der Waals surface area contributed by atoms with Crippen LogP contribution >= 0.6 is 7.75 Å². The zero-order chi connectivity index (χ0) is 17.2. The normalized spacial score (nSPS) is 14.3. The average molecular weight is 339 g/mol. The molecule has 2 aromatic carbocycles. The number of aliphatic hydroxyl groups excluding tert-OH is 1. The van der Waals surface area contributed by atoms with Crippen molar-refractivity contribution in [3.8, 4) is 11.5 Å². The number of hydrogen-bond donors (Lipinski definition) is 6. The summed E-state index contributed by atoms with van der Waals surface area (Å²) >= 11 is 0. The van der Waals surface area contributed by atoms with Crippen molar-refractivity contribution in [2.24, 2.45) is 0 Å². The Balaban J connectivity index is 2.40. The van der Waals surface area contributed by atoms with E-state index in [0.29, 0.717) is 5.56 Å². The lowest BCUT2D eigenvalue weighted by molar-refractivity contribution is 0.149. The fourth-order valence-electron chi connectivity index (χ4n) is 2.33. The van der Waals surface area contributed by atoms with E-state index in [4.69, 9.17) is 9.79 Å². The molecule has 0 aliphatic carbocycles. The van der Waals surface area contributed by atoms with Crippen LogP contribution in [0.2, 0.25) is 0 Å². The van der Waals surface area contributed by atoms with Crippen LogP contribution in [0, 0.1) is 0 Å². The van der Waals surface area contributed by atoms with Gasteiger partial charge in [-0.15, -0.1) is 0 Å². The summed E-state index contributed by atoms with van der Waals surface area (Å²) in [4.78, 5) is 18.1. The lowest BCUT2D eigenvalue weighted by Crippen LogP contribution is -2.11. The van der Waals surface area contributed by atoms with Gasteiger partial charge in [-0.3, -0.25) is 5.09 Å². The average Bonchev–Trinajstić information content (AvgIpc) is 2.45. The standard InChI is InChI=1S/C15H18NO6P/c1-9(10-5-7-11(17)8-6-10)15(19)14-12(16-23(20,21)22)3-2-4-13(14)18/h2-9,15,17-19H,1H3,(H3,16,20,21,22). The Labute approximate surface area is 133 Å². The van der Waals surface area contributed by atoms with Gasteiger partial charge >= 0.3 is 7.75 Å². The molecular formula is C15H18NO6P. The number of benzene rings is 2. The van der Waals surface area contributed by atoms with E-state index < -0.39 is 19.8 Å². The van der Waals surface area contributed by atoms with Gasteiger partial charge < -0.3 is 25.1 Å². The molecule has 2 atom stereocenters. The molecule has 0 fully saturated rings. The Bertz CT molecular complexity index is 727. The maximum atomic E-state index is 11.2. The first kappa shape index (κ1) is 17.3. The predicted octanol–water partition coefficient (Wildman–Crippen LogP) is 2.44. The summed E-state index contributed by atoms with van der Waals surface area (Å²) in [5.41, 5.74) is 0.647. The van der Waals surface area contributed by atoms with Crippen LogP contribution < -0.4 is 5.09 Å². The lowest BCUT2D eigenvalue weighted by Gasteiger charge is -2.23. The third-order valence-corrected chi connectivity index (χ3v) is 4.07. The van der Waals surface area contributed by atoms with Crippen LogP contribution in [0.5, 0.6) is 11.5 Å². The number of aromatic hydroxyl groups is 2. The molecule has 23 heavy (non-hydrogen) atoms. The van der Waals surface area contributed by atoms with Crippen LogP contribution in [0.3, 0.4) is 0 Å². The van der Waals surface area contributed by atoms with Crippen molar-refractivity contribution < 1.29 is 29.7 Å². The summed E-state index contributed by atoms with van der Waals surface area (Å²) in [5, 5.41) is 31.9. The number of anilines is 1. The minimum Gasteiger partial charge on any atom is -0.508 e. The summed E-state index contributed by atoms with van der Waals surface area (Å²) < 4.78 is 11.2. The van der Waals surface area contributed by atoms with Crippen LogP contribution in [0.15, 0.2) is 42.5 Å². The van der Waals surface area contributed by atoms with Crippen molar-refractivity contribution in [3.63, 3.8) is 0 Å². The third-order valence-electron chi connectivity index (χ3n) is 3.54. The largest absolute Gasteiger partial charge is 0.508 e. The topological polar surface area (TPSA) is 130 Å². The first-order chi connectivity index (χ1) is 10.7. The maximum Gasteiger partial charge on any atom is 0.427 e. The van der Waals surface area contributed by atoms with Gasteiger partial charge in [-0.1, -0.05) is 25.1 Å². The molecule has 0 spiro atoms. The molecule has 2 rings (SSSR count). The van der Waals surface area contributed by atoms with Crippen LogP contribution in [0.4, 0.5) is 5.69 Å². The number of rotatable bonds is 5. The molecule has 0 heterocycles. The van der Waals surface area contributed by atoms with Gasteiger partial charge in [-0.05, 0) is 29.8 Å². The van der Waals surface area contributed by atoms with E-state index in [2.05, 4.69) is 0 Å². The van der Waals surface area contributed by atoms with E-state index >= 15 is 0 Å². The van der Waals surface area contributed by atoms with E-state index in [0.717, 1.165) is 0 Å². The summed E-state index contributed by atoms with van der Waals surface area (Å²) in [6.07, 6.45) is -1.21. The molecule has 2 unspecified atom stereocenters. The van der Waals surface area contributed by atoms with Crippen molar-refractivity contribution in [2.45, 2.75) is 18.9 Å². The van der Waals surface area contributed by atoms with Gasteiger partial charge in [-0.25, -0.2) is 4.57 Å². The van der Waals surface area contributed by atoms with E-state index in [1.807, 2.05) is 5.09 Å². The summed E-state index contributed by atoms with van der Waals surface area (Å²) in [7, 11) is -4.59. The Morgan fingerprint density at radius 1 is 1.04 bits per heavy atom. The van der Waals surface area contributed by atoms with Crippen LogP contribution in [0.1, 0.15) is 30.1 Å². The first-order valence-electron chi connectivity index (χ1n) is 6.82. The molecule has 124 valence electrons. The maximum absolute atomic E-state index is 11.2. The van der Waals surface area contributed by atoms with E-state index in [9.17, 15) is 19.9 Å². The van der Waals surface area contributed by atoms with Crippen molar-refractivity contribution in [1.82, 2.24) is 0 Å². The highest BCUT2D eigenvalue weighted by Crippen LogP contribution is 2.44. The minimum absolute atomic E-state index is 0.00333. The molecular weight excluding hydrogens is 321 g/mol. The van der Waals surface area contributed by atoms with Gasteiger partial charge in [0.05, 0.1) is 11.8 Å². The lowest BCUT2D eigenvalue weighted by atomic mass is 9.89. The van der Waals surface area contributed by atoms with Gasteiger partial charge in [-0.2, -0.15) is 0 Å². The third kappa shape index (κ3) is 4.24. The number of aliphatic hydroxyl groups is 1. The van der Waals surface area contributed by atoms with Gasteiger partial charge in [0.25, 0.3) is 0 Å².